The highest BCUT2D eigenvalue weighted by molar-refractivity contribution is 5.84. The summed E-state index contributed by atoms with van der Waals surface area (Å²) in [5.74, 6) is -3.75. The van der Waals surface area contributed by atoms with Gasteiger partial charge in [0, 0.05) is 29.1 Å². The second-order valence-electron chi connectivity index (χ2n) is 3.61. The van der Waals surface area contributed by atoms with Crippen LogP contribution in [0.25, 0.3) is 10.9 Å². The molecule has 0 saturated carbocycles. The van der Waals surface area contributed by atoms with Crippen LogP contribution in [0.5, 0.6) is 0 Å². The third-order valence-corrected chi connectivity index (χ3v) is 2.51. The highest BCUT2D eigenvalue weighted by atomic mass is 19.3. The molecule has 0 amide bonds. The molecule has 2 aromatic rings. The lowest BCUT2D eigenvalue weighted by atomic mass is 10.0. The molecule has 86 valence electrons. The fourth-order valence-electron chi connectivity index (χ4n) is 1.74. The number of benzene rings is 1. The first-order valence-corrected chi connectivity index (χ1v) is 4.90. The summed E-state index contributed by atoms with van der Waals surface area (Å²) in [5.41, 5.74) is 5.16. The fraction of sp³-hybridized carbons (Fsp3) is 0.273. The van der Waals surface area contributed by atoms with Gasteiger partial charge >= 0.3 is 0 Å². The molecule has 0 radical (unpaired) electrons. The number of nitrogens with two attached hydrogens (primary N) is 1. The highest BCUT2D eigenvalue weighted by Gasteiger charge is 2.34. The van der Waals surface area contributed by atoms with Crippen LogP contribution in [0.15, 0.2) is 24.4 Å². The van der Waals surface area contributed by atoms with Gasteiger partial charge in [-0.25, -0.2) is 13.2 Å². The zero-order valence-corrected chi connectivity index (χ0v) is 8.43. The number of aromatic amines is 1. The Hall–Kier alpha value is -1.49. The van der Waals surface area contributed by atoms with Crippen LogP contribution in [0.2, 0.25) is 0 Å². The molecule has 0 saturated heterocycles. The minimum absolute atomic E-state index is 0.0547. The van der Waals surface area contributed by atoms with Gasteiger partial charge in [-0.05, 0) is 18.7 Å². The van der Waals surface area contributed by atoms with Gasteiger partial charge in [-0.1, -0.05) is 6.07 Å². The van der Waals surface area contributed by atoms with Crippen LogP contribution >= 0.6 is 0 Å². The molecule has 0 aliphatic heterocycles. The minimum Gasteiger partial charge on any atom is -0.361 e. The summed E-state index contributed by atoms with van der Waals surface area (Å²) in [6, 6.07) is 4.19. The number of hydrogen-bond donors (Lipinski definition) is 2. The predicted octanol–water partition coefficient (Wildman–Crippen LogP) is 2.75. The van der Waals surface area contributed by atoms with Crippen molar-refractivity contribution in [1.29, 1.82) is 0 Å². The number of halogens is 3. The first-order valence-electron chi connectivity index (χ1n) is 4.90. The lowest BCUT2D eigenvalue weighted by molar-refractivity contribution is -0.00927. The Balaban J connectivity index is 2.61. The van der Waals surface area contributed by atoms with Crippen molar-refractivity contribution in [2.75, 3.05) is 6.54 Å². The van der Waals surface area contributed by atoms with Gasteiger partial charge in [-0.15, -0.1) is 0 Å². The molecule has 1 aromatic heterocycles. The summed E-state index contributed by atoms with van der Waals surface area (Å²) in [5, 5.41) is -0.0547. The lowest BCUT2D eigenvalue weighted by Crippen LogP contribution is -2.18. The average molecular weight is 228 g/mol. The van der Waals surface area contributed by atoms with Crippen molar-refractivity contribution in [3.8, 4) is 0 Å². The zero-order chi connectivity index (χ0) is 11.8. The summed E-state index contributed by atoms with van der Waals surface area (Å²) >= 11 is 0. The van der Waals surface area contributed by atoms with Gasteiger partial charge in [-0.3, -0.25) is 0 Å². The third kappa shape index (κ3) is 1.67. The second kappa shape index (κ2) is 3.83. The molecule has 2 nitrogen and oxygen atoms in total. The van der Waals surface area contributed by atoms with E-state index in [2.05, 4.69) is 4.98 Å². The SMILES string of the molecule is NCCC(F)(F)c1c[nH]c2cccc(F)c12. The van der Waals surface area contributed by atoms with E-state index in [-0.39, 0.29) is 17.5 Å². The van der Waals surface area contributed by atoms with Gasteiger partial charge in [0.05, 0.1) is 0 Å². The number of nitrogens with one attached hydrogen (secondary N) is 1. The minimum atomic E-state index is -3.10. The quantitative estimate of drug-likeness (QED) is 0.833. The summed E-state index contributed by atoms with van der Waals surface area (Å²) in [4.78, 5) is 2.63. The van der Waals surface area contributed by atoms with Crippen molar-refractivity contribution < 1.29 is 13.2 Å². The number of rotatable bonds is 3. The standard InChI is InChI=1S/C11H11F3N2/c12-8-2-1-3-9-10(8)7(6-16-9)11(13,14)4-5-15/h1-3,6,16H,4-5,15H2. The Morgan fingerprint density at radius 3 is 2.75 bits per heavy atom. The number of alkyl halides is 2. The molecular weight excluding hydrogens is 217 g/mol. The molecule has 0 aliphatic rings. The van der Waals surface area contributed by atoms with E-state index in [9.17, 15) is 13.2 Å². The van der Waals surface area contributed by atoms with Crippen LogP contribution in [0.3, 0.4) is 0 Å². The molecule has 5 heteroatoms. The second-order valence-corrected chi connectivity index (χ2v) is 3.61. The van der Waals surface area contributed by atoms with Crippen LogP contribution in [0.1, 0.15) is 12.0 Å². The maximum absolute atomic E-state index is 13.6. The van der Waals surface area contributed by atoms with Gasteiger partial charge in [0.15, 0.2) is 0 Å². The van der Waals surface area contributed by atoms with E-state index in [0.717, 1.165) is 12.3 Å². The van der Waals surface area contributed by atoms with Crippen molar-refractivity contribution in [1.82, 2.24) is 4.98 Å². The molecule has 0 fully saturated rings. The summed E-state index contributed by atoms with van der Waals surface area (Å²) in [7, 11) is 0. The molecule has 2 rings (SSSR count). The molecule has 3 N–H and O–H groups in total. The van der Waals surface area contributed by atoms with Crippen LogP contribution in [-0.2, 0) is 5.92 Å². The Kier molecular flexibility index (Phi) is 2.63. The Morgan fingerprint density at radius 2 is 2.06 bits per heavy atom. The van der Waals surface area contributed by atoms with Crippen molar-refractivity contribution in [3.05, 3.63) is 35.8 Å². The lowest BCUT2D eigenvalue weighted by Gasteiger charge is -2.14. The predicted molar refractivity (Wildman–Crippen MR) is 55.8 cm³/mol. The maximum Gasteiger partial charge on any atom is 0.276 e. The summed E-state index contributed by atoms with van der Waals surface area (Å²) < 4.78 is 40.7. The molecule has 0 bridgehead atoms. The number of fused-ring (bicyclic) bond motifs is 1. The van der Waals surface area contributed by atoms with Crippen LogP contribution in [-0.4, -0.2) is 11.5 Å². The van der Waals surface area contributed by atoms with Gasteiger partial charge in [0.2, 0.25) is 0 Å². The number of H-pyrrole nitrogens is 1. The monoisotopic (exact) mass is 228 g/mol. The Labute approximate surface area is 90.3 Å². The zero-order valence-electron chi connectivity index (χ0n) is 8.43. The molecule has 0 atom stereocenters. The van der Waals surface area contributed by atoms with E-state index in [1.54, 1.807) is 6.07 Å². The van der Waals surface area contributed by atoms with Crippen molar-refractivity contribution in [3.63, 3.8) is 0 Å². The van der Waals surface area contributed by atoms with E-state index in [0.29, 0.717) is 5.52 Å². The van der Waals surface area contributed by atoms with Crippen LogP contribution in [0.4, 0.5) is 13.2 Å². The van der Waals surface area contributed by atoms with E-state index >= 15 is 0 Å². The summed E-state index contributed by atoms with van der Waals surface area (Å²) in [6.07, 6.45) is 0.650. The average Bonchev–Trinajstić information content (AvgIpc) is 2.63. The topological polar surface area (TPSA) is 41.8 Å². The van der Waals surface area contributed by atoms with Gasteiger partial charge in [0.1, 0.15) is 5.82 Å². The van der Waals surface area contributed by atoms with Crippen LogP contribution in [0, 0.1) is 5.82 Å². The summed E-state index contributed by atoms with van der Waals surface area (Å²) in [6.45, 7) is -0.145. The fourth-order valence-corrected chi connectivity index (χ4v) is 1.74. The Bertz CT molecular complexity index is 505. The largest absolute Gasteiger partial charge is 0.361 e. The highest BCUT2D eigenvalue weighted by Crippen LogP contribution is 2.36. The van der Waals surface area contributed by atoms with Gasteiger partial charge < -0.3 is 10.7 Å². The number of aromatic nitrogens is 1. The van der Waals surface area contributed by atoms with Crippen LogP contribution < -0.4 is 5.73 Å². The number of hydrogen-bond acceptors (Lipinski definition) is 1. The van der Waals surface area contributed by atoms with Crippen molar-refractivity contribution in [2.45, 2.75) is 12.3 Å². The molecule has 1 aromatic carbocycles. The van der Waals surface area contributed by atoms with E-state index in [1.807, 2.05) is 0 Å². The molecule has 0 aliphatic carbocycles. The van der Waals surface area contributed by atoms with E-state index in [1.165, 1.54) is 6.07 Å². The molecule has 1 heterocycles. The molecule has 0 unspecified atom stereocenters. The van der Waals surface area contributed by atoms with Crippen molar-refractivity contribution >= 4 is 10.9 Å². The van der Waals surface area contributed by atoms with Gasteiger partial charge in [0.25, 0.3) is 5.92 Å². The van der Waals surface area contributed by atoms with E-state index < -0.39 is 18.2 Å². The molecular formula is C11H11F3N2. The van der Waals surface area contributed by atoms with Crippen molar-refractivity contribution in [2.24, 2.45) is 5.73 Å². The first kappa shape index (κ1) is 11.0. The Morgan fingerprint density at radius 1 is 1.31 bits per heavy atom. The normalized spacial score (nSPS) is 12.2. The van der Waals surface area contributed by atoms with E-state index in [4.69, 9.17) is 5.73 Å². The first-order chi connectivity index (χ1) is 7.56. The molecule has 0 spiro atoms. The third-order valence-electron chi connectivity index (χ3n) is 2.51. The molecule has 16 heavy (non-hydrogen) atoms. The smallest absolute Gasteiger partial charge is 0.276 e. The maximum atomic E-state index is 13.6. The van der Waals surface area contributed by atoms with Gasteiger partial charge in [-0.2, -0.15) is 0 Å².